The molecular formula is C12H21N5O3. The number of aliphatic hydroxyl groups excluding tert-OH is 1. The van der Waals surface area contributed by atoms with Gasteiger partial charge in [0.2, 0.25) is 11.8 Å². The summed E-state index contributed by atoms with van der Waals surface area (Å²) in [6.07, 6.45) is 2.67. The van der Waals surface area contributed by atoms with Gasteiger partial charge in [-0.25, -0.2) is 4.98 Å². The van der Waals surface area contributed by atoms with Crippen molar-refractivity contribution in [1.82, 2.24) is 9.97 Å². The fraction of sp³-hybridized carbons (Fsp3) is 0.667. The van der Waals surface area contributed by atoms with E-state index in [9.17, 15) is 10.1 Å². The number of hydrogen-bond donors (Lipinski definition) is 2. The Kier molecular flexibility index (Phi) is 6.65. The van der Waals surface area contributed by atoms with Crippen LogP contribution in [-0.2, 0) is 0 Å². The molecule has 1 aromatic rings. The monoisotopic (exact) mass is 283 g/mol. The second-order valence-electron chi connectivity index (χ2n) is 4.24. The third-order valence-electron chi connectivity index (χ3n) is 2.75. The topological polar surface area (TPSA) is 104 Å². The third-order valence-corrected chi connectivity index (χ3v) is 2.75. The Balaban J connectivity index is 3.05. The molecule has 0 aromatic carbocycles. The standard InChI is InChI=1S/C12H21N5O3/c1-3-6-13-12-14-9-10(17(19)20)11(15-12)16(4-2)7-5-8-18/h9,18H,3-8H2,1-2H3,(H,13,14,15). The molecule has 1 heterocycles. The van der Waals surface area contributed by atoms with Gasteiger partial charge >= 0.3 is 5.69 Å². The van der Waals surface area contributed by atoms with Crippen LogP contribution >= 0.6 is 0 Å². The van der Waals surface area contributed by atoms with Gasteiger partial charge in [0.15, 0.2) is 0 Å². The van der Waals surface area contributed by atoms with Crippen LogP contribution in [0.3, 0.4) is 0 Å². The lowest BCUT2D eigenvalue weighted by Crippen LogP contribution is -2.27. The molecule has 0 spiro atoms. The van der Waals surface area contributed by atoms with Crippen LogP contribution < -0.4 is 10.2 Å². The van der Waals surface area contributed by atoms with Crippen molar-refractivity contribution in [2.75, 3.05) is 36.5 Å². The minimum absolute atomic E-state index is 0.0380. The summed E-state index contributed by atoms with van der Waals surface area (Å²) in [4.78, 5) is 20.5. The van der Waals surface area contributed by atoms with Crippen LogP contribution in [0.25, 0.3) is 0 Å². The van der Waals surface area contributed by atoms with E-state index in [0.29, 0.717) is 37.8 Å². The number of aromatic nitrogens is 2. The van der Waals surface area contributed by atoms with Gasteiger partial charge in [0.25, 0.3) is 0 Å². The van der Waals surface area contributed by atoms with Crippen molar-refractivity contribution in [3.63, 3.8) is 0 Å². The minimum Gasteiger partial charge on any atom is -0.396 e. The summed E-state index contributed by atoms with van der Waals surface area (Å²) in [5, 5.41) is 23.0. The van der Waals surface area contributed by atoms with E-state index >= 15 is 0 Å². The quantitative estimate of drug-likeness (QED) is 0.521. The molecule has 0 radical (unpaired) electrons. The van der Waals surface area contributed by atoms with E-state index in [2.05, 4.69) is 15.3 Å². The molecule has 0 saturated carbocycles. The minimum atomic E-state index is -0.486. The summed E-state index contributed by atoms with van der Waals surface area (Å²) in [5.41, 5.74) is -0.119. The number of rotatable bonds is 9. The van der Waals surface area contributed by atoms with Gasteiger partial charge in [0.1, 0.15) is 6.20 Å². The van der Waals surface area contributed by atoms with E-state index in [0.717, 1.165) is 6.42 Å². The molecule has 2 N–H and O–H groups in total. The van der Waals surface area contributed by atoms with E-state index in [1.165, 1.54) is 6.20 Å². The molecule has 0 bridgehead atoms. The van der Waals surface area contributed by atoms with Crippen molar-refractivity contribution < 1.29 is 10.0 Å². The van der Waals surface area contributed by atoms with E-state index in [4.69, 9.17) is 5.11 Å². The highest BCUT2D eigenvalue weighted by atomic mass is 16.6. The molecule has 0 fully saturated rings. The summed E-state index contributed by atoms with van der Waals surface area (Å²) in [7, 11) is 0. The van der Waals surface area contributed by atoms with Gasteiger partial charge in [-0.05, 0) is 19.8 Å². The van der Waals surface area contributed by atoms with Crippen LogP contribution in [0.4, 0.5) is 17.5 Å². The van der Waals surface area contributed by atoms with Crippen molar-refractivity contribution in [1.29, 1.82) is 0 Å². The molecule has 112 valence electrons. The molecular weight excluding hydrogens is 262 g/mol. The lowest BCUT2D eigenvalue weighted by Gasteiger charge is -2.21. The van der Waals surface area contributed by atoms with Gasteiger partial charge in [-0.3, -0.25) is 10.1 Å². The lowest BCUT2D eigenvalue weighted by atomic mass is 10.3. The Morgan fingerprint density at radius 2 is 2.25 bits per heavy atom. The highest BCUT2D eigenvalue weighted by Crippen LogP contribution is 2.26. The second kappa shape index (κ2) is 8.26. The Labute approximate surface area is 118 Å². The molecule has 20 heavy (non-hydrogen) atoms. The number of hydrogen-bond acceptors (Lipinski definition) is 7. The first-order valence-corrected chi connectivity index (χ1v) is 6.75. The molecule has 8 heteroatoms. The summed E-state index contributed by atoms with van der Waals surface area (Å²) in [5.74, 6) is 0.675. The molecule has 0 saturated heterocycles. The zero-order chi connectivity index (χ0) is 15.0. The average Bonchev–Trinajstić information content (AvgIpc) is 2.45. The molecule has 0 aliphatic rings. The first-order chi connectivity index (χ1) is 9.63. The molecule has 0 amide bonds. The molecule has 8 nitrogen and oxygen atoms in total. The summed E-state index contributed by atoms with van der Waals surface area (Å²) < 4.78 is 0. The van der Waals surface area contributed by atoms with Gasteiger partial charge in [-0.15, -0.1) is 0 Å². The Hall–Kier alpha value is -1.96. The second-order valence-corrected chi connectivity index (χ2v) is 4.24. The molecule has 1 rings (SSSR count). The fourth-order valence-corrected chi connectivity index (χ4v) is 1.73. The molecule has 0 unspecified atom stereocenters. The molecule has 0 atom stereocenters. The predicted molar refractivity (Wildman–Crippen MR) is 77.1 cm³/mol. The van der Waals surface area contributed by atoms with Crippen molar-refractivity contribution in [3.05, 3.63) is 16.3 Å². The Morgan fingerprint density at radius 3 is 2.80 bits per heavy atom. The smallest absolute Gasteiger partial charge is 0.329 e. The Morgan fingerprint density at radius 1 is 1.50 bits per heavy atom. The van der Waals surface area contributed by atoms with Gasteiger partial charge in [0, 0.05) is 26.2 Å². The zero-order valence-corrected chi connectivity index (χ0v) is 11.9. The summed E-state index contributed by atoms with van der Waals surface area (Å²) >= 11 is 0. The van der Waals surface area contributed by atoms with Crippen LogP contribution in [0.2, 0.25) is 0 Å². The first kappa shape index (κ1) is 16.1. The maximum atomic E-state index is 11.1. The van der Waals surface area contributed by atoms with E-state index < -0.39 is 4.92 Å². The van der Waals surface area contributed by atoms with Gasteiger partial charge in [0.05, 0.1) is 4.92 Å². The number of aliphatic hydroxyl groups is 1. The third kappa shape index (κ3) is 4.30. The van der Waals surface area contributed by atoms with E-state index in [1.54, 1.807) is 4.90 Å². The summed E-state index contributed by atoms with van der Waals surface area (Å²) in [6.45, 7) is 5.74. The average molecular weight is 283 g/mol. The largest absolute Gasteiger partial charge is 0.396 e. The number of nitro groups is 1. The molecule has 1 aromatic heterocycles. The van der Waals surface area contributed by atoms with E-state index in [1.807, 2.05) is 13.8 Å². The van der Waals surface area contributed by atoms with Crippen molar-refractivity contribution >= 4 is 17.5 Å². The lowest BCUT2D eigenvalue weighted by molar-refractivity contribution is -0.384. The number of nitrogens with one attached hydrogen (secondary N) is 1. The van der Waals surface area contributed by atoms with E-state index in [-0.39, 0.29) is 12.3 Å². The van der Waals surface area contributed by atoms with Gasteiger partial charge in [-0.1, -0.05) is 6.92 Å². The van der Waals surface area contributed by atoms with Crippen LogP contribution in [-0.4, -0.2) is 46.2 Å². The fourth-order valence-electron chi connectivity index (χ4n) is 1.73. The van der Waals surface area contributed by atoms with Crippen molar-refractivity contribution in [2.45, 2.75) is 26.7 Å². The predicted octanol–water partition coefficient (Wildman–Crippen LogP) is 1.42. The maximum Gasteiger partial charge on any atom is 0.329 e. The first-order valence-electron chi connectivity index (χ1n) is 6.75. The van der Waals surface area contributed by atoms with Crippen LogP contribution in [0, 0.1) is 10.1 Å². The van der Waals surface area contributed by atoms with Gasteiger partial charge in [-0.2, -0.15) is 4.98 Å². The van der Waals surface area contributed by atoms with Crippen LogP contribution in [0.1, 0.15) is 26.7 Å². The van der Waals surface area contributed by atoms with Gasteiger partial charge < -0.3 is 15.3 Å². The normalized spacial score (nSPS) is 10.3. The van der Waals surface area contributed by atoms with Crippen molar-refractivity contribution in [2.24, 2.45) is 0 Å². The molecule has 0 aliphatic heterocycles. The molecule has 0 aliphatic carbocycles. The number of nitrogens with zero attached hydrogens (tertiary/aromatic N) is 4. The highest BCUT2D eigenvalue weighted by molar-refractivity contribution is 5.58. The maximum absolute atomic E-state index is 11.1. The number of anilines is 2. The van der Waals surface area contributed by atoms with Crippen LogP contribution in [0.15, 0.2) is 6.20 Å². The summed E-state index contributed by atoms with van der Waals surface area (Å²) in [6, 6.07) is 0. The zero-order valence-electron chi connectivity index (χ0n) is 11.9. The van der Waals surface area contributed by atoms with Crippen LogP contribution in [0.5, 0.6) is 0 Å². The van der Waals surface area contributed by atoms with Crippen molar-refractivity contribution in [3.8, 4) is 0 Å². The highest BCUT2D eigenvalue weighted by Gasteiger charge is 2.21. The SMILES string of the molecule is CCCNc1ncc([N+](=O)[O-])c(N(CC)CCCO)n1. The Bertz CT molecular complexity index is 441.